The molecule has 0 bridgehead atoms. The number of halogens is 1. The highest BCUT2D eigenvalue weighted by Crippen LogP contribution is 2.21. The van der Waals surface area contributed by atoms with Gasteiger partial charge in [-0.15, -0.1) is 0 Å². The molecule has 0 aliphatic heterocycles. The molecule has 0 saturated carbocycles. The van der Waals surface area contributed by atoms with Crippen LogP contribution < -0.4 is 5.73 Å². The maximum absolute atomic E-state index is 5.96. The number of aryl methyl sites for hydroxylation is 1. The molecule has 0 amide bonds. The van der Waals surface area contributed by atoms with Gasteiger partial charge in [0.25, 0.3) is 0 Å². The van der Waals surface area contributed by atoms with Gasteiger partial charge in [-0.2, -0.15) is 0 Å². The van der Waals surface area contributed by atoms with E-state index in [1.807, 2.05) is 29.7 Å². The van der Waals surface area contributed by atoms with Gasteiger partial charge in [0.2, 0.25) is 0 Å². The van der Waals surface area contributed by atoms with Crippen LogP contribution in [0.15, 0.2) is 18.3 Å². The summed E-state index contributed by atoms with van der Waals surface area (Å²) in [4.78, 5) is 4.53. The van der Waals surface area contributed by atoms with E-state index in [0.29, 0.717) is 5.02 Å². The van der Waals surface area contributed by atoms with Crippen LogP contribution in [0.25, 0.3) is 5.52 Å². The van der Waals surface area contributed by atoms with Crippen molar-refractivity contribution < 1.29 is 0 Å². The Kier molecular flexibility index (Phi) is 2.67. The number of nitrogens with zero attached hydrogens (tertiary/aromatic N) is 2. The molecule has 2 heterocycles. The van der Waals surface area contributed by atoms with Gasteiger partial charge in [-0.25, -0.2) is 4.98 Å². The molecule has 2 rings (SSSR count). The van der Waals surface area contributed by atoms with Crippen molar-refractivity contribution in [2.24, 2.45) is 5.73 Å². The van der Waals surface area contributed by atoms with Crippen LogP contribution >= 0.6 is 11.6 Å². The average molecular weight is 224 g/mol. The van der Waals surface area contributed by atoms with Gasteiger partial charge in [-0.1, -0.05) is 18.5 Å². The number of nitrogens with two attached hydrogens (primary N) is 1. The fourth-order valence-electron chi connectivity index (χ4n) is 1.73. The molecule has 1 unspecified atom stereocenters. The molecule has 4 heteroatoms. The first-order valence-corrected chi connectivity index (χ1v) is 5.43. The second-order valence-corrected chi connectivity index (χ2v) is 4.09. The monoisotopic (exact) mass is 223 g/mol. The first kappa shape index (κ1) is 10.5. The highest BCUT2D eigenvalue weighted by Gasteiger charge is 2.12. The lowest BCUT2D eigenvalue weighted by Gasteiger charge is -2.01. The molecule has 1 atom stereocenters. The summed E-state index contributed by atoms with van der Waals surface area (Å²) in [6, 6.07) is 3.78. The van der Waals surface area contributed by atoms with Crippen molar-refractivity contribution >= 4 is 17.1 Å². The van der Waals surface area contributed by atoms with Gasteiger partial charge < -0.3 is 10.1 Å². The lowest BCUT2D eigenvalue weighted by atomic mass is 10.2. The summed E-state index contributed by atoms with van der Waals surface area (Å²) in [7, 11) is 0. The Morgan fingerprint density at radius 1 is 1.53 bits per heavy atom. The van der Waals surface area contributed by atoms with Crippen LogP contribution in [0, 0.1) is 0 Å². The van der Waals surface area contributed by atoms with Crippen molar-refractivity contribution in [2.45, 2.75) is 26.3 Å². The number of pyridine rings is 1. The molecule has 0 aliphatic carbocycles. The van der Waals surface area contributed by atoms with Crippen LogP contribution in [0.2, 0.25) is 5.02 Å². The van der Waals surface area contributed by atoms with Gasteiger partial charge in [0.05, 0.1) is 16.2 Å². The third-order valence-corrected chi connectivity index (χ3v) is 2.67. The largest absolute Gasteiger partial charge is 0.323 e. The molecule has 0 spiro atoms. The first-order valence-electron chi connectivity index (χ1n) is 5.05. The number of hydrogen-bond acceptors (Lipinski definition) is 2. The summed E-state index contributed by atoms with van der Waals surface area (Å²) in [5, 5.41) is 0.714. The Labute approximate surface area is 93.9 Å². The Morgan fingerprint density at radius 3 is 2.87 bits per heavy atom. The van der Waals surface area contributed by atoms with Crippen molar-refractivity contribution in [2.75, 3.05) is 0 Å². The highest BCUT2D eigenvalue weighted by atomic mass is 35.5. The van der Waals surface area contributed by atoms with E-state index in [-0.39, 0.29) is 6.04 Å². The topological polar surface area (TPSA) is 43.3 Å². The molecule has 2 N–H and O–H groups in total. The van der Waals surface area contributed by atoms with Crippen molar-refractivity contribution in [3.05, 3.63) is 34.9 Å². The Morgan fingerprint density at radius 2 is 2.27 bits per heavy atom. The van der Waals surface area contributed by atoms with E-state index in [1.54, 1.807) is 0 Å². The fraction of sp³-hybridized carbons (Fsp3) is 0.364. The van der Waals surface area contributed by atoms with Gasteiger partial charge in [0.15, 0.2) is 0 Å². The molecule has 80 valence electrons. The molecule has 15 heavy (non-hydrogen) atoms. The quantitative estimate of drug-likeness (QED) is 0.851. The van der Waals surface area contributed by atoms with Crippen LogP contribution in [-0.4, -0.2) is 9.38 Å². The van der Waals surface area contributed by atoms with E-state index in [0.717, 1.165) is 23.5 Å². The second-order valence-electron chi connectivity index (χ2n) is 3.66. The summed E-state index contributed by atoms with van der Waals surface area (Å²) >= 11 is 5.96. The van der Waals surface area contributed by atoms with Crippen LogP contribution in [0.1, 0.15) is 31.4 Å². The van der Waals surface area contributed by atoms with Gasteiger partial charge in [0.1, 0.15) is 5.82 Å². The van der Waals surface area contributed by atoms with Gasteiger partial charge in [-0.3, -0.25) is 0 Å². The predicted molar refractivity (Wildman–Crippen MR) is 62.2 cm³/mol. The van der Waals surface area contributed by atoms with Crippen molar-refractivity contribution in [3.63, 3.8) is 0 Å². The lowest BCUT2D eigenvalue weighted by Crippen LogP contribution is -2.05. The summed E-state index contributed by atoms with van der Waals surface area (Å²) in [5.41, 5.74) is 7.86. The lowest BCUT2D eigenvalue weighted by molar-refractivity contribution is 0.788. The summed E-state index contributed by atoms with van der Waals surface area (Å²) in [5.74, 6) is 1.000. The zero-order valence-electron chi connectivity index (χ0n) is 8.87. The van der Waals surface area contributed by atoms with E-state index in [9.17, 15) is 0 Å². The Balaban J connectivity index is 2.75. The van der Waals surface area contributed by atoms with E-state index < -0.39 is 0 Å². The molecule has 0 saturated heterocycles. The van der Waals surface area contributed by atoms with Gasteiger partial charge >= 0.3 is 0 Å². The van der Waals surface area contributed by atoms with Crippen molar-refractivity contribution in [1.82, 2.24) is 9.38 Å². The number of rotatable bonds is 2. The molecular weight excluding hydrogens is 210 g/mol. The number of hydrogen-bond donors (Lipinski definition) is 1. The summed E-state index contributed by atoms with van der Waals surface area (Å²) in [6.45, 7) is 4.01. The van der Waals surface area contributed by atoms with Crippen LogP contribution in [-0.2, 0) is 6.42 Å². The van der Waals surface area contributed by atoms with Crippen LogP contribution in [0.5, 0.6) is 0 Å². The molecule has 2 aromatic heterocycles. The number of imidazole rings is 1. The minimum absolute atomic E-state index is 0.0542. The summed E-state index contributed by atoms with van der Waals surface area (Å²) < 4.78 is 2.01. The average Bonchev–Trinajstić information content (AvgIpc) is 2.55. The zero-order valence-corrected chi connectivity index (χ0v) is 9.62. The molecule has 0 aromatic carbocycles. The third-order valence-electron chi connectivity index (χ3n) is 2.45. The Hall–Kier alpha value is -1.06. The third kappa shape index (κ3) is 1.73. The second kappa shape index (κ2) is 3.83. The van der Waals surface area contributed by atoms with E-state index in [4.69, 9.17) is 17.3 Å². The fourth-order valence-corrected chi connectivity index (χ4v) is 1.89. The van der Waals surface area contributed by atoms with Crippen molar-refractivity contribution in [3.8, 4) is 0 Å². The zero-order chi connectivity index (χ0) is 11.0. The molecule has 2 aromatic rings. The number of fused-ring (bicyclic) bond motifs is 1. The molecule has 0 radical (unpaired) electrons. The molecular formula is C11H14ClN3. The molecule has 0 fully saturated rings. The first-order chi connectivity index (χ1) is 7.13. The maximum Gasteiger partial charge on any atom is 0.113 e. The van der Waals surface area contributed by atoms with Gasteiger partial charge in [0, 0.05) is 18.7 Å². The summed E-state index contributed by atoms with van der Waals surface area (Å²) in [6.07, 6.45) is 2.75. The van der Waals surface area contributed by atoms with Crippen LogP contribution in [0.4, 0.5) is 0 Å². The van der Waals surface area contributed by atoms with Crippen molar-refractivity contribution in [1.29, 1.82) is 0 Å². The predicted octanol–water partition coefficient (Wildman–Crippen LogP) is 2.57. The van der Waals surface area contributed by atoms with Crippen LogP contribution in [0.3, 0.4) is 0 Å². The molecule has 3 nitrogen and oxygen atoms in total. The standard InChI is InChI=1S/C11H14ClN3/c1-3-10-14-11(7(2)13)9-5-4-8(12)6-15(9)10/h4-7H,3,13H2,1-2H3. The Bertz CT molecular complexity index is 488. The van der Waals surface area contributed by atoms with E-state index in [1.165, 1.54) is 0 Å². The minimum atomic E-state index is -0.0542. The van der Waals surface area contributed by atoms with E-state index in [2.05, 4.69) is 11.9 Å². The maximum atomic E-state index is 5.96. The van der Waals surface area contributed by atoms with Gasteiger partial charge in [-0.05, 0) is 19.1 Å². The molecule has 0 aliphatic rings. The highest BCUT2D eigenvalue weighted by molar-refractivity contribution is 6.30. The number of aromatic nitrogens is 2. The smallest absolute Gasteiger partial charge is 0.113 e. The minimum Gasteiger partial charge on any atom is -0.323 e. The van der Waals surface area contributed by atoms with E-state index >= 15 is 0 Å². The SMILES string of the molecule is CCc1nc(C(C)N)c2ccc(Cl)cn12. The normalized spacial score (nSPS) is 13.3.